The van der Waals surface area contributed by atoms with Gasteiger partial charge in [-0.15, -0.1) is 48.7 Å². The average molecular weight is 745 g/mol. The maximum atomic E-state index is 4.05. The number of benzene rings is 2. The fraction of sp³-hybridized carbons (Fsp3) is 0.265. The maximum Gasteiger partial charge on any atom is 0.154 e. The molecule has 0 unspecified atom stereocenters. The quantitative estimate of drug-likeness (QED) is 0.132. The number of fused-ring (bicyclic) bond motifs is 3. The van der Waals surface area contributed by atoms with Gasteiger partial charge in [0, 0.05) is 0 Å². The molecule has 4 heteroatoms. The molecule has 0 spiro atoms. The zero-order valence-corrected chi connectivity index (χ0v) is 30.1. The molecular formula is C49H64N2S2. The van der Waals surface area contributed by atoms with Crippen molar-refractivity contribution in [3.8, 4) is 12.8 Å². The third kappa shape index (κ3) is 18.5. The Hall–Kier alpha value is -4.82. The molecule has 2 aromatic carbocycles. The summed E-state index contributed by atoms with van der Waals surface area (Å²) in [5.41, 5.74) is 10.0. The molecule has 1 fully saturated rings. The summed E-state index contributed by atoms with van der Waals surface area (Å²) in [5.74, 6) is 0. The van der Waals surface area contributed by atoms with Crippen molar-refractivity contribution in [3.05, 3.63) is 178 Å². The molecule has 0 aliphatic heterocycles. The lowest BCUT2D eigenvalue weighted by molar-refractivity contribution is 0.682. The van der Waals surface area contributed by atoms with Crippen LogP contribution in [-0.2, 0) is 0 Å². The molecule has 6 aliphatic rings. The number of hydrogen-bond donors (Lipinski definition) is 0. The van der Waals surface area contributed by atoms with E-state index in [1.165, 1.54) is 66.5 Å². The predicted molar refractivity (Wildman–Crippen MR) is 246 cm³/mol. The van der Waals surface area contributed by atoms with Crippen LogP contribution >= 0.6 is 22.7 Å². The Morgan fingerprint density at radius 3 is 1.28 bits per heavy atom. The molecule has 0 saturated heterocycles. The highest BCUT2D eigenvalue weighted by molar-refractivity contribution is 7.24. The fourth-order valence-corrected chi connectivity index (χ4v) is 7.00. The van der Waals surface area contributed by atoms with E-state index in [0.717, 1.165) is 22.5 Å². The van der Waals surface area contributed by atoms with Crippen molar-refractivity contribution in [2.75, 3.05) is 0 Å². The molecule has 2 nitrogen and oxygen atoms in total. The smallest absolute Gasteiger partial charge is 0.154 e. The summed E-state index contributed by atoms with van der Waals surface area (Å²) in [7, 11) is 0. The minimum Gasteiger partial charge on any atom is -0.232 e. The van der Waals surface area contributed by atoms with E-state index >= 15 is 0 Å². The Balaban J connectivity index is 0. The second-order valence-corrected chi connectivity index (χ2v) is 12.7. The van der Waals surface area contributed by atoms with E-state index in [1.807, 2.05) is 47.4 Å². The second-order valence-electron chi connectivity index (χ2n) is 11.0. The van der Waals surface area contributed by atoms with Crippen LogP contribution in [0.25, 0.3) is 21.8 Å². The Morgan fingerprint density at radius 1 is 0.509 bits per heavy atom. The molecule has 282 valence electrons. The van der Waals surface area contributed by atoms with Crippen LogP contribution in [-0.4, -0.2) is 9.97 Å². The molecule has 0 atom stereocenters. The minimum atomic E-state index is 0. The molecule has 4 aromatic rings. The third-order valence-electron chi connectivity index (χ3n) is 7.85. The van der Waals surface area contributed by atoms with Gasteiger partial charge >= 0.3 is 0 Å². The fourth-order valence-electron chi connectivity index (χ4n) is 5.52. The summed E-state index contributed by atoms with van der Waals surface area (Å²) in [6.07, 6.45) is 45.9. The maximum absolute atomic E-state index is 4.05. The first-order chi connectivity index (χ1) is 24.4. The molecule has 2 aromatic heterocycles. The van der Waals surface area contributed by atoms with Crippen LogP contribution in [0.15, 0.2) is 168 Å². The molecule has 53 heavy (non-hydrogen) atoms. The van der Waals surface area contributed by atoms with Gasteiger partial charge in [-0.3, -0.25) is 0 Å². The Kier molecular flexibility index (Phi) is 30.2. The summed E-state index contributed by atoms with van der Waals surface area (Å²) >= 11 is 3.16. The number of thiazole rings is 2. The molecule has 2 heterocycles. The number of allylic oxidation sites excluding steroid dienone is 14. The molecule has 0 radical (unpaired) electrons. The topological polar surface area (TPSA) is 25.8 Å². The first kappa shape index (κ1) is 50.3. The first-order valence-corrected chi connectivity index (χ1v) is 18.6. The van der Waals surface area contributed by atoms with Gasteiger partial charge in [-0.05, 0) is 90.5 Å². The van der Waals surface area contributed by atoms with E-state index in [2.05, 4.69) is 133 Å². The SMILES string of the molecule is C.C.C.C.C#C.C1=C2CCCCC2=CC1.C1=CC2=C(C=CC2)C1.C1=CCC=C1.C1=c2ccccc2=CC1.C=C.c1ccccc1.c1nc2scnc2s1. The van der Waals surface area contributed by atoms with Crippen molar-refractivity contribution in [2.24, 2.45) is 0 Å². The normalized spacial score (nSPS) is 14.3. The summed E-state index contributed by atoms with van der Waals surface area (Å²) < 4.78 is 0. The second kappa shape index (κ2) is 31.9. The number of rotatable bonds is 0. The van der Waals surface area contributed by atoms with E-state index in [0.29, 0.717) is 0 Å². The van der Waals surface area contributed by atoms with Gasteiger partial charge in [0.05, 0.1) is 11.0 Å². The molecule has 0 N–H and O–H groups in total. The number of nitrogens with zero attached hydrogens (tertiary/aromatic N) is 2. The zero-order chi connectivity index (χ0) is 34.8. The van der Waals surface area contributed by atoms with Crippen molar-refractivity contribution >= 4 is 44.5 Å². The molecular weight excluding hydrogens is 681 g/mol. The monoisotopic (exact) mass is 744 g/mol. The first-order valence-electron chi connectivity index (χ1n) is 16.8. The van der Waals surface area contributed by atoms with E-state index in [1.54, 1.807) is 33.8 Å². The van der Waals surface area contributed by atoms with Crippen molar-refractivity contribution in [1.82, 2.24) is 9.97 Å². The highest BCUT2D eigenvalue weighted by Gasteiger charge is 2.13. The van der Waals surface area contributed by atoms with Crippen molar-refractivity contribution < 1.29 is 0 Å². The van der Waals surface area contributed by atoms with E-state index in [-0.39, 0.29) is 29.7 Å². The standard InChI is InChI=1S/C9H12.C9H8.C8H8.C6H6.C5H6.C4H2N2S2.C2H4.C2H2.4CH4/c2*1-2-5-9-7-3-6-8(9)4-1;1-3-7-5-2-6-8(7)4-1;1-2-4-6-5-3-1;1-2-4-5-3-1;1-5-3-4(7-1)6-2-8-3;2*1-2;;;;/h6-7H,1-5H2;1-2,4-7H,3H2;1-3,6H,4-5H2;1-6H;1-4H,5H2;1-2H;1-2H2;1-2H;4*1H4. The largest absolute Gasteiger partial charge is 0.232 e. The minimum absolute atomic E-state index is 0. The zero-order valence-electron chi connectivity index (χ0n) is 28.5. The number of aromatic nitrogens is 2. The van der Waals surface area contributed by atoms with Gasteiger partial charge in [0.15, 0.2) is 9.66 Å². The average Bonchev–Trinajstić information content (AvgIpc) is 4.02. The van der Waals surface area contributed by atoms with E-state index in [4.69, 9.17) is 0 Å². The summed E-state index contributed by atoms with van der Waals surface area (Å²) in [5, 5.41) is 2.77. The molecule has 0 bridgehead atoms. The number of hydrogen-bond acceptors (Lipinski definition) is 4. The van der Waals surface area contributed by atoms with Gasteiger partial charge in [-0.25, -0.2) is 9.97 Å². The predicted octanol–water partition coefficient (Wildman–Crippen LogP) is 14.2. The molecule has 0 amide bonds. The molecule has 10 rings (SSSR count). The molecule has 1 saturated carbocycles. The van der Waals surface area contributed by atoms with Crippen molar-refractivity contribution in [3.63, 3.8) is 0 Å². The van der Waals surface area contributed by atoms with Crippen LogP contribution < -0.4 is 10.4 Å². The highest BCUT2D eigenvalue weighted by Crippen LogP contribution is 2.32. The van der Waals surface area contributed by atoms with Crippen molar-refractivity contribution in [1.29, 1.82) is 0 Å². The van der Waals surface area contributed by atoms with Crippen LogP contribution in [0.1, 0.15) is 87.5 Å². The van der Waals surface area contributed by atoms with Gasteiger partial charge in [-0.2, -0.15) is 0 Å². The van der Waals surface area contributed by atoms with Crippen LogP contribution in [0.4, 0.5) is 0 Å². The van der Waals surface area contributed by atoms with Gasteiger partial charge in [0.2, 0.25) is 0 Å². The van der Waals surface area contributed by atoms with Crippen molar-refractivity contribution in [2.45, 2.75) is 87.5 Å². The lowest BCUT2D eigenvalue weighted by Crippen LogP contribution is -2.19. The summed E-state index contributed by atoms with van der Waals surface area (Å²) in [6, 6.07) is 20.5. The van der Waals surface area contributed by atoms with Gasteiger partial charge in [0.25, 0.3) is 0 Å². The Bertz CT molecular complexity index is 1730. The highest BCUT2D eigenvalue weighted by atomic mass is 32.1. The van der Waals surface area contributed by atoms with Crippen LogP contribution in [0.2, 0.25) is 0 Å². The molecule has 6 aliphatic carbocycles. The number of terminal acetylenes is 1. The van der Waals surface area contributed by atoms with Crippen LogP contribution in [0.3, 0.4) is 0 Å². The lowest BCUT2D eigenvalue weighted by Gasteiger charge is -2.13. The third-order valence-corrected chi connectivity index (χ3v) is 9.45. The van der Waals surface area contributed by atoms with Crippen LogP contribution in [0, 0.1) is 12.8 Å². The van der Waals surface area contributed by atoms with E-state index < -0.39 is 0 Å². The van der Waals surface area contributed by atoms with E-state index in [9.17, 15) is 0 Å². The van der Waals surface area contributed by atoms with Gasteiger partial charge < -0.3 is 0 Å². The van der Waals surface area contributed by atoms with Gasteiger partial charge in [-0.1, -0.05) is 163 Å². The summed E-state index contributed by atoms with van der Waals surface area (Å²) in [4.78, 5) is 10.2. The summed E-state index contributed by atoms with van der Waals surface area (Å²) in [6.45, 7) is 6.00. The Labute approximate surface area is 331 Å². The lowest BCUT2D eigenvalue weighted by atomic mass is 9.92. The van der Waals surface area contributed by atoms with Crippen LogP contribution in [0.5, 0.6) is 0 Å². The Morgan fingerprint density at radius 2 is 0.906 bits per heavy atom. The van der Waals surface area contributed by atoms with Gasteiger partial charge in [0.1, 0.15) is 0 Å².